The summed E-state index contributed by atoms with van der Waals surface area (Å²) >= 11 is 0. The van der Waals surface area contributed by atoms with Crippen LogP contribution >= 0.6 is 0 Å². The zero-order valence-electron chi connectivity index (χ0n) is 10.4. The van der Waals surface area contributed by atoms with Gasteiger partial charge in [0.2, 0.25) is 0 Å². The highest BCUT2D eigenvalue weighted by molar-refractivity contribution is 5.42. The van der Waals surface area contributed by atoms with E-state index in [2.05, 4.69) is 0 Å². The number of ether oxygens (including phenoxy) is 2. The fourth-order valence-corrected chi connectivity index (χ4v) is 1.84. The first-order chi connectivity index (χ1) is 8.74. The highest BCUT2D eigenvalue weighted by atomic mass is 16.5. The lowest BCUT2D eigenvalue weighted by Gasteiger charge is -2.15. The Morgan fingerprint density at radius 3 is 2.67 bits per heavy atom. The molecule has 0 aliphatic carbocycles. The maximum atomic E-state index is 10.2. The summed E-state index contributed by atoms with van der Waals surface area (Å²) in [5.74, 6) is 1.32. The summed E-state index contributed by atoms with van der Waals surface area (Å²) < 4.78 is 15.4. The highest BCUT2D eigenvalue weighted by Gasteiger charge is 2.15. The third kappa shape index (κ3) is 2.65. The lowest BCUT2D eigenvalue weighted by Crippen LogP contribution is -2.03. The topological polar surface area (TPSA) is 51.8 Å². The average molecular weight is 248 g/mol. The van der Waals surface area contributed by atoms with Crippen LogP contribution in [0.5, 0.6) is 11.5 Å². The molecular formula is C14H16O4. The van der Waals surface area contributed by atoms with Crippen LogP contribution in [-0.4, -0.2) is 19.3 Å². The minimum Gasteiger partial charge on any atom is -0.497 e. The van der Waals surface area contributed by atoms with Gasteiger partial charge >= 0.3 is 0 Å². The molecular weight excluding hydrogens is 232 g/mol. The van der Waals surface area contributed by atoms with Crippen LogP contribution in [0.1, 0.15) is 17.2 Å². The molecule has 18 heavy (non-hydrogen) atoms. The lowest BCUT2D eigenvalue weighted by atomic mass is 10.0. The number of hydrogen-bond donors (Lipinski definition) is 1. The van der Waals surface area contributed by atoms with Gasteiger partial charge in [-0.25, -0.2) is 0 Å². The number of benzene rings is 1. The standard InChI is InChI=1S/C14H16O4/c1-16-11-3-4-12(14(8-11)17-2)13(15)7-10-5-6-18-9-10/h3-6,8-9,13,15H,7H2,1-2H3. The minimum absolute atomic E-state index is 0.485. The summed E-state index contributed by atoms with van der Waals surface area (Å²) in [4.78, 5) is 0. The van der Waals surface area contributed by atoms with Gasteiger partial charge in [0.15, 0.2) is 0 Å². The van der Waals surface area contributed by atoms with Crippen molar-refractivity contribution in [1.82, 2.24) is 0 Å². The molecule has 1 N–H and O–H groups in total. The molecule has 1 atom stereocenters. The Kier molecular flexibility index (Phi) is 3.89. The molecule has 0 aliphatic heterocycles. The maximum Gasteiger partial charge on any atom is 0.128 e. The number of hydrogen-bond acceptors (Lipinski definition) is 4. The maximum absolute atomic E-state index is 10.2. The van der Waals surface area contributed by atoms with E-state index in [9.17, 15) is 5.11 Å². The van der Waals surface area contributed by atoms with Crippen molar-refractivity contribution < 1.29 is 19.0 Å². The third-order valence-electron chi connectivity index (χ3n) is 2.81. The second kappa shape index (κ2) is 5.60. The van der Waals surface area contributed by atoms with Crippen molar-refractivity contribution in [2.45, 2.75) is 12.5 Å². The quantitative estimate of drug-likeness (QED) is 0.883. The summed E-state index contributed by atoms with van der Waals surface area (Å²) in [6.45, 7) is 0. The fraction of sp³-hybridized carbons (Fsp3) is 0.286. The van der Waals surface area contributed by atoms with Crippen molar-refractivity contribution in [3.05, 3.63) is 47.9 Å². The van der Waals surface area contributed by atoms with Crippen LogP contribution < -0.4 is 9.47 Å². The van der Waals surface area contributed by atoms with E-state index in [1.165, 1.54) is 0 Å². The predicted molar refractivity (Wildman–Crippen MR) is 66.9 cm³/mol. The van der Waals surface area contributed by atoms with Crippen LogP contribution in [0.4, 0.5) is 0 Å². The molecule has 1 aromatic carbocycles. The first kappa shape index (κ1) is 12.5. The summed E-state index contributed by atoms with van der Waals surface area (Å²) in [6, 6.07) is 7.20. The van der Waals surface area contributed by atoms with Crippen LogP contribution in [0.25, 0.3) is 0 Å². The van der Waals surface area contributed by atoms with Gasteiger partial charge in [-0.3, -0.25) is 0 Å². The van der Waals surface area contributed by atoms with Gasteiger partial charge in [0, 0.05) is 18.1 Å². The van der Waals surface area contributed by atoms with E-state index in [1.807, 2.05) is 12.1 Å². The van der Waals surface area contributed by atoms with Gasteiger partial charge in [-0.05, 0) is 23.8 Å². The Hall–Kier alpha value is -1.94. The molecule has 2 aromatic rings. The molecule has 0 bridgehead atoms. The number of rotatable bonds is 5. The first-order valence-electron chi connectivity index (χ1n) is 5.65. The molecule has 1 unspecified atom stereocenters. The third-order valence-corrected chi connectivity index (χ3v) is 2.81. The largest absolute Gasteiger partial charge is 0.497 e. The van der Waals surface area contributed by atoms with Crippen molar-refractivity contribution in [3.8, 4) is 11.5 Å². The Morgan fingerprint density at radius 2 is 2.06 bits per heavy atom. The van der Waals surface area contributed by atoms with Crippen molar-refractivity contribution in [1.29, 1.82) is 0 Å². The van der Waals surface area contributed by atoms with Crippen molar-refractivity contribution >= 4 is 0 Å². The van der Waals surface area contributed by atoms with Gasteiger partial charge in [0.1, 0.15) is 11.5 Å². The Labute approximate surface area is 106 Å². The van der Waals surface area contributed by atoms with Crippen LogP contribution in [0.15, 0.2) is 41.2 Å². The van der Waals surface area contributed by atoms with Crippen LogP contribution in [-0.2, 0) is 6.42 Å². The smallest absolute Gasteiger partial charge is 0.128 e. The molecule has 4 heteroatoms. The van der Waals surface area contributed by atoms with Gasteiger partial charge in [0.05, 0.1) is 32.8 Å². The van der Waals surface area contributed by atoms with Gasteiger partial charge in [0.25, 0.3) is 0 Å². The van der Waals surface area contributed by atoms with Gasteiger partial charge in [-0.2, -0.15) is 0 Å². The van der Waals surface area contributed by atoms with E-state index in [0.717, 1.165) is 11.1 Å². The normalized spacial score (nSPS) is 12.2. The Balaban J connectivity index is 2.21. The zero-order chi connectivity index (χ0) is 13.0. The van der Waals surface area contributed by atoms with E-state index in [4.69, 9.17) is 13.9 Å². The Morgan fingerprint density at radius 1 is 1.22 bits per heavy atom. The fourth-order valence-electron chi connectivity index (χ4n) is 1.84. The summed E-state index contributed by atoms with van der Waals surface area (Å²) in [6.07, 6.45) is 3.06. The number of methoxy groups -OCH3 is 2. The van der Waals surface area contributed by atoms with Crippen LogP contribution in [0.3, 0.4) is 0 Å². The molecule has 1 aromatic heterocycles. The van der Waals surface area contributed by atoms with E-state index in [0.29, 0.717) is 17.9 Å². The molecule has 4 nitrogen and oxygen atoms in total. The van der Waals surface area contributed by atoms with Gasteiger partial charge in [-0.15, -0.1) is 0 Å². The number of aliphatic hydroxyl groups excluding tert-OH is 1. The summed E-state index contributed by atoms with van der Waals surface area (Å²) in [5, 5.41) is 10.2. The number of furan rings is 1. The molecule has 0 spiro atoms. The minimum atomic E-state index is -0.636. The Bertz CT molecular complexity index is 491. The molecule has 2 rings (SSSR count). The van der Waals surface area contributed by atoms with E-state index in [1.54, 1.807) is 38.9 Å². The molecule has 0 radical (unpaired) electrons. The van der Waals surface area contributed by atoms with Gasteiger partial charge < -0.3 is 19.0 Å². The lowest BCUT2D eigenvalue weighted by molar-refractivity contribution is 0.173. The molecule has 0 saturated heterocycles. The van der Waals surface area contributed by atoms with E-state index < -0.39 is 6.10 Å². The van der Waals surface area contributed by atoms with Gasteiger partial charge in [-0.1, -0.05) is 0 Å². The first-order valence-corrected chi connectivity index (χ1v) is 5.65. The molecule has 96 valence electrons. The van der Waals surface area contributed by atoms with E-state index >= 15 is 0 Å². The predicted octanol–water partition coefficient (Wildman–Crippen LogP) is 2.57. The molecule has 1 heterocycles. The second-order valence-electron chi connectivity index (χ2n) is 3.96. The highest BCUT2D eigenvalue weighted by Crippen LogP contribution is 2.31. The van der Waals surface area contributed by atoms with Crippen molar-refractivity contribution in [3.63, 3.8) is 0 Å². The summed E-state index contributed by atoms with van der Waals surface area (Å²) in [7, 11) is 3.17. The molecule has 0 fully saturated rings. The SMILES string of the molecule is COc1ccc(C(O)Cc2ccoc2)c(OC)c1. The van der Waals surface area contributed by atoms with E-state index in [-0.39, 0.29) is 0 Å². The monoisotopic (exact) mass is 248 g/mol. The molecule has 0 saturated carbocycles. The molecule has 0 amide bonds. The number of aliphatic hydroxyl groups is 1. The zero-order valence-corrected chi connectivity index (χ0v) is 10.4. The average Bonchev–Trinajstić information content (AvgIpc) is 2.90. The summed E-state index contributed by atoms with van der Waals surface area (Å²) in [5.41, 5.74) is 1.68. The van der Waals surface area contributed by atoms with Crippen LogP contribution in [0, 0.1) is 0 Å². The van der Waals surface area contributed by atoms with Crippen molar-refractivity contribution in [2.24, 2.45) is 0 Å². The molecule has 0 aliphatic rings. The van der Waals surface area contributed by atoms with Crippen LogP contribution in [0.2, 0.25) is 0 Å². The van der Waals surface area contributed by atoms with Crippen molar-refractivity contribution in [2.75, 3.05) is 14.2 Å². The second-order valence-corrected chi connectivity index (χ2v) is 3.96.